The zero-order valence-electron chi connectivity index (χ0n) is 7.56. The fourth-order valence-electron chi connectivity index (χ4n) is 0.662. The van der Waals surface area contributed by atoms with Gasteiger partial charge in [-0.15, -0.1) is 0 Å². The summed E-state index contributed by atoms with van der Waals surface area (Å²) < 4.78 is 4.87. The molecule has 0 aliphatic heterocycles. The van der Waals surface area contributed by atoms with Crippen molar-refractivity contribution >= 4 is 29.0 Å². The summed E-state index contributed by atoms with van der Waals surface area (Å²) in [6, 6.07) is 8.84. The molecule has 74 valence electrons. The average Bonchev–Trinajstić information content (AvgIpc) is 2.03. The monoisotopic (exact) mass is 212 g/mol. The summed E-state index contributed by atoms with van der Waals surface area (Å²) in [5, 5.41) is 8.25. The molecule has 1 rings (SSSR count). The van der Waals surface area contributed by atoms with Gasteiger partial charge in [0.25, 0.3) is 0 Å². The number of hydrogen-bond acceptors (Lipinski definition) is 2. The molecule has 0 amide bonds. The van der Waals surface area contributed by atoms with Crippen molar-refractivity contribution in [2.75, 3.05) is 6.61 Å². The third kappa shape index (κ3) is 7.81. The second-order valence-corrected chi connectivity index (χ2v) is 2.00. The van der Waals surface area contributed by atoms with Crippen molar-refractivity contribution in [2.24, 2.45) is 0 Å². The van der Waals surface area contributed by atoms with Crippen LogP contribution in [0.25, 0.3) is 0 Å². The van der Waals surface area contributed by atoms with Crippen LogP contribution in [0.1, 0.15) is 0 Å². The molecular formula is C8H12MgO5+2. The number of benzene rings is 1. The maximum absolute atomic E-state index is 10.0. The normalized spacial score (nSPS) is 7.14. The van der Waals surface area contributed by atoms with Gasteiger partial charge in [0.15, 0.2) is 6.61 Å². The van der Waals surface area contributed by atoms with E-state index in [1.54, 1.807) is 24.3 Å². The van der Waals surface area contributed by atoms with Crippen molar-refractivity contribution < 1.29 is 25.6 Å². The Bertz CT molecular complexity index is 239. The van der Waals surface area contributed by atoms with E-state index >= 15 is 0 Å². The van der Waals surface area contributed by atoms with Crippen molar-refractivity contribution in [2.45, 2.75) is 0 Å². The number of carboxylic acid groups (broad SMARTS) is 1. The molecule has 0 heterocycles. The summed E-state index contributed by atoms with van der Waals surface area (Å²) in [4.78, 5) is 10.0. The smallest absolute Gasteiger partial charge is 0.482 e. The quantitative estimate of drug-likeness (QED) is 0.657. The first-order valence-corrected chi connectivity index (χ1v) is 3.18. The minimum Gasteiger partial charge on any atom is -0.482 e. The van der Waals surface area contributed by atoms with Gasteiger partial charge in [0, 0.05) is 0 Å². The SMILES string of the molecule is O.O.O=C(O)COc1ccccc1.[Mg+2]. The molecule has 0 bridgehead atoms. The van der Waals surface area contributed by atoms with Crippen molar-refractivity contribution in [3.8, 4) is 5.75 Å². The van der Waals surface area contributed by atoms with Gasteiger partial charge in [-0.3, -0.25) is 0 Å². The molecule has 6 heteroatoms. The zero-order chi connectivity index (χ0) is 8.10. The van der Waals surface area contributed by atoms with Crippen molar-refractivity contribution in [1.82, 2.24) is 0 Å². The number of carboxylic acids is 1. The summed E-state index contributed by atoms with van der Waals surface area (Å²) in [7, 11) is 0. The predicted octanol–water partition coefficient (Wildman–Crippen LogP) is -0.880. The van der Waals surface area contributed by atoms with E-state index in [0.29, 0.717) is 5.75 Å². The van der Waals surface area contributed by atoms with Crippen LogP contribution >= 0.6 is 0 Å². The second-order valence-electron chi connectivity index (χ2n) is 2.00. The van der Waals surface area contributed by atoms with E-state index in [1.165, 1.54) is 0 Å². The van der Waals surface area contributed by atoms with Crippen molar-refractivity contribution in [3.05, 3.63) is 30.3 Å². The molecule has 14 heavy (non-hydrogen) atoms. The van der Waals surface area contributed by atoms with Crippen LogP contribution in [0.2, 0.25) is 0 Å². The Morgan fingerprint density at radius 1 is 1.21 bits per heavy atom. The van der Waals surface area contributed by atoms with Crippen LogP contribution < -0.4 is 4.74 Å². The molecule has 0 aliphatic rings. The average molecular weight is 212 g/mol. The summed E-state index contributed by atoms with van der Waals surface area (Å²) >= 11 is 0. The molecule has 1 aromatic carbocycles. The molecular weight excluding hydrogens is 200 g/mol. The van der Waals surface area contributed by atoms with Gasteiger partial charge in [0.1, 0.15) is 5.75 Å². The molecule has 0 saturated heterocycles. The molecule has 0 unspecified atom stereocenters. The minimum absolute atomic E-state index is 0. The number of rotatable bonds is 3. The van der Waals surface area contributed by atoms with Gasteiger partial charge >= 0.3 is 29.0 Å². The van der Waals surface area contributed by atoms with Gasteiger partial charge in [-0.05, 0) is 12.1 Å². The molecule has 5 nitrogen and oxygen atoms in total. The zero-order valence-corrected chi connectivity index (χ0v) is 8.98. The largest absolute Gasteiger partial charge is 2.00 e. The Hall–Kier alpha value is -0.824. The maximum Gasteiger partial charge on any atom is 2.00 e. The van der Waals surface area contributed by atoms with E-state index in [4.69, 9.17) is 9.84 Å². The van der Waals surface area contributed by atoms with Crippen molar-refractivity contribution in [1.29, 1.82) is 0 Å². The molecule has 0 saturated carbocycles. The third-order valence-electron chi connectivity index (χ3n) is 1.11. The summed E-state index contributed by atoms with van der Waals surface area (Å²) in [6.07, 6.45) is 0. The molecule has 0 spiro atoms. The standard InChI is InChI=1S/C8H8O3.Mg.2H2O/c9-8(10)6-11-7-4-2-1-3-5-7;;;/h1-5H,6H2,(H,9,10);;2*1H2/q;+2;;. The maximum atomic E-state index is 10.0. The third-order valence-corrected chi connectivity index (χ3v) is 1.11. The van der Waals surface area contributed by atoms with Gasteiger partial charge in [0.05, 0.1) is 0 Å². The first-order chi connectivity index (χ1) is 5.29. The number of aliphatic carboxylic acids is 1. The van der Waals surface area contributed by atoms with Crippen molar-refractivity contribution in [3.63, 3.8) is 0 Å². The summed E-state index contributed by atoms with van der Waals surface area (Å²) in [5.41, 5.74) is 0. The van der Waals surface area contributed by atoms with E-state index in [2.05, 4.69) is 0 Å². The van der Waals surface area contributed by atoms with Crippen LogP contribution in [0.3, 0.4) is 0 Å². The number of carbonyl (C=O) groups is 1. The Kier molecular flexibility index (Phi) is 13.8. The van der Waals surface area contributed by atoms with Gasteiger partial charge in [-0.25, -0.2) is 4.79 Å². The van der Waals surface area contributed by atoms with Gasteiger partial charge in [-0.1, -0.05) is 18.2 Å². The van der Waals surface area contributed by atoms with E-state index in [9.17, 15) is 4.79 Å². The number of para-hydroxylation sites is 1. The molecule has 0 aromatic heterocycles. The van der Waals surface area contributed by atoms with Gasteiger partial charge in [0.2, 0.25) is 0 Å². The summed E-state index contributed by atoms with van der Waals surface area (Å²) in [5.74, 6) is -0.385. The summed E-state index contributed by atoms with van der Waals surface area (Å²) in [6.45, 7) is -0.288. The van der Waals surface area contributed by atoms with Crippen LogP contribution in [-0.2, 0) is 4.79 Å². The molecule has 5 N–H and O–H groups in total. The second kappa shape index (κ2) is 10.3. The fourth-order valence-corrected chi connectivity index (χ4v) is 0.662. The van der Waals surface area contributed by atoms with E-state index in [-0.39, 0.29) is 40.6 Å². The Morgan fingerprint density at radius 3 is 2.14 bits per heavy atom. The molecule has 1 aromatic rings. The van der Waals surface area contributed by atoms with Gasteiger partial charge < -0.3 is 20.8 Å². The fraction of sp³-hybridized carbons (Fsp3) is 0.125. The van der Waals surface area contributed by atoms with E-state index in [0.717, 1.165) is 0 Å². The first kappa shape index (κ1) is 18.9. The predicted molar refractivity (Wildman–Crippen MR) is 52.6 cm³/mol. The molecule has 0 fully saturated rings. The Balaban J connectivity index is -0.000000403. The Morgan fingerprint density at radius 2 is 1.71 bits per heavy atom. The van der Waals surface area contributed by atoms with Crippen LogP contribution in [0.4, 0.5) is 0 Å². The van der Waals surface area contributed by atoms with Crippen LogP contribution in [0, 0.1) is 0 Å². The number of ether oxygens (including phenoxy) is 1. The molecule has 0 aliphatic carbocycles. The van der Waals surface area contributed by atoms with Crippen LogP contribution in [0.15, 0.2) is 30.3 Å². The van der Waals surface area contributed by atoms with Crippen LogP contribution in [-0.4, -0.2) is 51.7 Å². The van der Waals surface area contributed by atoms with E-state index < -0.39 is 5.97 Å². The van der Waals surface area contributed by atoms with Crippen LogP contribution in [0.5, 0.6) is 5.75 Å². The number of hydrogen-bond donors (Lipinski definition) is 1. The van der Waals surface area contributed by atoms with E-state index in [1.807, 2.05) is 6.07 Å². The molecule has 0 atom stereocenters. The Labute approximate surface area is 97.5 Å². The molecule has 0 radical (unpaired) electrons. The topological polar surface area (TPSA) is 110 Å². The minimum atomic E-state index is -0.964. The first-order valence-electron chi connectivity index (χ1n) is 3.18. The van der Waals surface area contributed by atoms with Gasteiger partial charge in [-0.2, -0.15) is 0 Å².